The molecule has 1 saturated heterocycles. The molecular weight excluding hydrogens is 346 g/mol. The van der Waals surface area contributed by atoms with Crippen LogP contribution in [0.5, 0.6) is 0 Å². The number of nitrogens with one attached hydrogen (secondary N) is 1. The molecule has 3 aromatic heterocycles. The Morgan fingerprint density at radius 2 is 2.31 bits per heavy atom. The van der Waals surface area contributed by atoms with Crippen molar-refractivity contribution < 1.29 is 4.79 Å². The number of thiophene rings is 1. The number of carbonyl (C=O) groups is 1. The fourth-order valence-electron chi connectivity index (χ4n) is 3.47. The molecule has 0 aliphatic carbocycles. The second kappa shape index (κ2) is 7.78. The normalized spacial score (nSPS) is 17.4. The summed E-state index contributed by atoms with van der Waals surface area (Å²) in [6.07, 6.45) is 8.65. The molecule has 4 rings (SSSR count). The first-order valence-electron chi connectivity index (χ1n) is 8.89. The number of carbonyl (C=O) groups excluding carboxylic acids is 1. The monoisotopic (exact) mass is 367 g/mol. The minimum atomic E-state index is 0.233. The highest BCUT2D eigenvalue weighted by Crippen LogP contribution is 2.22. The molecule has 1 N–H and O–H groups in total. The molecule has 26 heavy (non-hydrogen) atoms. The first kappa shape index (κ1) is 16.9. The number of piperidine rings is 1. The lowest BCUT2D eigenvalue weighted by Crippen LogP contribution is -2.41. The highest BCUT2D eigenvalue weighted by atomic mass is 32.1. The van der Waals surface area contributed by atoms with Crippen molar-refractivity contribution in [3.05, 3.63) is 52.9 Å². The van der Waals surface area contributed by atoms with Crippen LogP contribution in [0.1, 0.15) is 23.4 Å². The SMILES string of the molecule is O=C(Cc1cccs1)N1CCCC(Cc2cc(-c3ncc[nH]3)ncn2)C1. The van der Waals surface area contributed by atoms with Gasteiger partial charge in [-0.25, -0.2) is 15.0 Å². The Morgan fingerprint density at radius 1 is 1.35 bits per heavy atom. The molecule has 1 fully saturated rings. The Hall–Kier alpha value is -2.54. The molecular formula is C19H21N5OS. The quantitative estimate of drug-likeness (QED) is 0.752. The Bertz CT molecular complexity index is 847. The fraction of sp³-hybridized carbons (Fsp3) is 0.368. The van der Waals surface area contributed by atoms with Gasteiger partial charge in [0.2, 0.25) is 5.91 Å². The van der Waals surface area contributed by atoms with Crippen LogP contribution in [-0.4, -0.2) is 43.8 Å². The van der Waals surface area contributed by atoms with Gasteiger partial charge in [-0.3, -0.25) is 4.79 Å². The van der Waals surface area contributed by atoms with E-state index >= 15 is 0 Å². The van der Waals surface area contributed by atoms with Crippen molar-refractivity contribution in [3.63, 3.8) is 0 Å². The number of aromatic amines is 1. The van der Waals surface area contributed by atoms with Crippen LogP contribution in [0.2, 0.25) is 0 Å². The summed E-state index contributed by atoms with van der Waals surface area (Å²) in [5, 5.41) is 2.02. The van der Waals surface area contributed by atoms with Gasteiger partial charge in [-0.05, 0) is 42.7 Å². The zero-order valence-corrected chi connectivity index (χ0v) is 15.3. The molecule has 4 heterocycles. The number of nitrogens with zero attached hydrogens (tertiary/aromatic N) is 4. The number of hydrogen-bond donors (Lipinski definition) is 1. The topological polar surface area (TPSA) is 74.8 Å². The first-order valence-corrected chi connectivity index (χ1v) is 9.77. The molecule has 0 aromatic carbocycles. The van der Waals surface area contributed by atoms with E-state index < -0.39 is 0 Å². The van der Waals surface area contributed by atoms with Gasteiger partial charge < -0.3 is 9.88 Å². The number of hydrogen-bond acceptors (Lipinski definition) is 5. The first-order chi connectivity index (χ1) is 12.8. The van der Waals surface area contributed by atoms with Gasteiger partial charge >= 0.3 is 0 Å². The average Bonchev–Trinajstić information content (AvgIpc) is 3.36. The van der Waals surface area contributed by atoms with Gasteiger partial charge in [-0.15, -0.1) is 11.3 Å². The van der Waals surface area contributed by atoms with E-state index in [1.807, 2.05) is 28.5 Å². The molecule has 1 unspecified atom stereocenters. The molecule has 0 bridgehead atoms. The maximum Gasteiger partial charge on any atom is 0.227 e. The molecule has 6 nitrogen and oxygen atoms in total. The summed E-state index contributed by atoms with van der Waals surface area (Å²) in [6, 6.07) is 6.02. The van der Waals surface area contributed by atoms with E-state index in [0.717, 1.165) is 54.4 Å². The largest absolute Gasteiger partial charge is 0.343 e. The van der Waals surface area contributed by atoms with Crippen LogP contribution in [0.3, 0.4) is 0 Å². The van der Waals surface area contributed by atoms with Gasteiger partial charge in [-0.2, -0.15) is 0 Å². The molecule has 1 amide bonds. The Morgan fingerprint density at radius 3 is 3.12 bits per heavy atom. The lowest BCUT2D eigenvalue weighted by atomic mass is 9.93. The summed E-state index contributed by atoms with van der Waals surface area (Å²) in [7, 11) is 0. The van der Waals surface area contributed by atoms with E-state index in [9.17, 15) is 4.79 Å². The van der Waals surface area contributed by atoms with Gasteiger partial charge in [-0.1, -0.05) is 6.07 Å². The average molecular weight is 367 g/mol. The number of aromatic nitrogens is 4. The van der Waals surface area contributed by atoms with Crippen molar-refractivity contribution >= 4 is 17.2 Å². The van der Waals surface area contributed by atoms with Gasteiger partial charge in [0.05, 0.1) is 6.42 Å². The molecule has 1 atom stereocenters. The highest BCUT2D eigenvalue weighted by Gasteiger charge is 2.24. The number of amides is 1. The fourth-order valence-corrected chi connectivity index (χ4v) is 4.17. The van der Waals surface area contributed by atoms with E-state index in [1.54, 1.807) is 30.1 Å². The third-order valence-corrected chi connectivity index (χ3v) is 5.62. The van der Waals surface area contributed by atoms with Crippen LogP contribution in [0, 0.1) is 5.92 Å². The van der Waals surface area contributed by atoms with Crippen molar-refractivity contribution in [1.82, 2.24) is 24.8 Å². The molecule has 134 valence electrons. The second-order valence-electron chi connectivity index (χ2n) is 6.64. The smallest absolute Gasteiger partial charge is 0.227 e. The van der Waals surface area contributed by atoms with E-state index in [-0.39, 0.29) is 5.91 Å². The lowest BCUT2D eigenvalue weighted by molar-refractivity contribution is -0.132. The van der Waals surface area contributed by atoms with Gasteiger partial charge in [0.25, 0.3) is 0 Å². The van der Waals surface area contributed by atoms with Crippen LogP contribution in [0.4, 0.5) is 0 Å². The number of imidazole rings is 1. The van der Waals surface area contributed by atoms with Crippen LogP contribution >= 0.6 is 11.3 Å². The number of rotatable bonds is 5. The van der Waals surface area contributed by atoms with Crippen molar-refractivity contribution in [2.75, 3.05) is 13.1 Å². The van der Waals surface area contributed by atoms with Crippen LogP contribution < -0.4 is 0 Å². The van der Waals surface area contributed by atoms with Crippen molar-refractivity contribution in [2.45, 2.75) is 25.7 Å². The molecule has 7 heteroatoms. The molecule has 0 spiro atoms. The standard InChI is InChI=1S/C19H21N5OS/c25-18(11-16-4-2-8-26-16)24-7-1-3-14(12-24)9-15-10-17(23-13-22-15)19-20-5-6-21-19/h2,4-6,8,10,13-14H,1,3,7,9,11-12H2,(H,20,21). The summed E-state index contributed by atoms with van der Waals surface area (Å²) in [4.78, 5) is 31.8. The maximum absolute atomic E-state index is 12.6. The Labute approximate surface area is 156 Å². The number of likely N-dealkylation sites (tertiary alicyclic amines) is 1. The third-order valence-electron chi connectivity index (χ3n) is 4.74. The van der Waals surface area contributed by atoms with Crippen molar-refractivity contribution in [3.8, 4) is 11.5 Å². The van der Waals surface area contributed by atoms with Crippen LogP contribution in [0.15, 0.2) is 42.3 Å². The zero-order chi connectivity index (χ0) is 17.8. The Balaban J connectivity index is 1.39. The summed E-state index contributed by atoms with van der Waals surface area (Å²) in [5.74, 6) is 1.43. The molecule has 1 aliphatic heterocycles. The van der Waals surface area contributed by atoms with Gasteiger partial charge in [0.1, 0.15) is 12.0 Å². The van der Waals surface area contributed by atoms with Gasteiger partial charge in [0, 0.05) is 36.1 Å². The minimum Gasteiger partial charge on any atom is -0.343 e. The molecule has 0 radical (unpaired) electrons. The second-order valence-corrected chi connectivity index (χ2v) is 7.67. The third kappa shape index (κ3) is 3.99. The van der Waals surface area contributed by atoms with Crippen LogP contribution in [0.25, 0.3) is 11.5 Å². The summed E-state index contributed by atoms with van der Waals surface area (Å²) in [5.41, 5.74) is 1.81. The highest BCUT2D eigenvalue weighted by molar-refractivity contribution is 7.10. The molecule has 3 aromatic rings. The van der Waals surface area contributed by atoms with E-state index in [2.05, 4.69) is 19.9 Å². The van der Waals surface area contributed by atoms with Crippen molar-refractivity contribution in [2.24, 2.45) is 5.92 Å². The minimum absolute atomic E-state index is 0.233. The summed E-state index contributed by atoms with van der Waals surface area (Å²) in [6.45, 7) is 1.67. The molecule has 1 aliphatic rings. The van der Waals surface area contributed by atoms with Crippen molar-refractivity contribution in [1.29, 1.82) is 0 Å². The summed E-state index contributed by atoms with van der Waals surface area (Å²) >= 11 is 1.65. The predicted molar refractivity (Wildman–Crippen MR) is 101 cm³/mol. The van der Waals surface area contributed by atoms with Crippen LogP contribution in [-0.2, 0) is 17.6 Å². The van der Waals surface area contributed by atoms with E-state index in [1.165, 1.54) is 0 Å². The molecule has 0 saturated carbocycles. The zero-order valence-electron chi connectivity index (χ0n) is 14.5. The number of H-pyrrole nitrogens is 1. The predicted octanol–water partition coefficient (Wildman–Crippen LogP) is 2.95. The lowest BCUT2D eigenvalue weighted by Gasteiger charge is -2.32. The summed E-state index contributed by atoms with van der Waals surface area (Å²) < 4.78 is 0. The van der Waals surface area contributed by atoms with Gasteiger partial charge in [0.15, 0.2) is 5.82 Å². The van der Waals surface area contributed by atoms with E-state index in [4.69, 9.17) is 0 Å². The maximum atomic E-state index is 12.6. The van der Waals surface area contributed by atoms with E-state index in [0.29, 0.717) is 12.3 Å². The Kier molecular flexibility index (Phi) is 5.06.